The maximum absolute atomic E-state index is 5.55. The van der Waals surface area contributed by atoms with Crippen LogP contribution in [-0.2, 0) is 17.9 Å². The smallest absolute Gasteiger partial charge is 0.0719 e. The molecule has 1 saturated carbocycles. The van der Waals surface area contributed by atoms with E-state index in [9.17, 15) is 0 Å². The van der Waals surface area contributed by atoms with Crippen LogP contribution in [0, 0.1) is 5.92 Å². The van der Waals surface area contributed by atoms with Crippen molar-refractivity contribution in [3.63, 3.8) is 0 Å². The lowest BCUT2D eigenvalue weighted by Gasteiger charge is -2.20. The van der Waals surface area contributed by atoms with Gasteiger partial charge in [-0.1, -0.05) is 44.0 Å². The fourth-order valence-corrected chi connectivity index (χ4v) is 3.12. The van der Waals surface area contributed by atoms with Gasteiger partial charge in [0.2, 0.25) is 0 Å². The van der Waals surface area contributed by atoms with Gasteiger partial charge in [0.25, 0.3) is 0 Å². The Morgan fingerprint density at radius 1 is 1.16 bits per heavy atom. The van der Waals surface area contributed by atoms with Gasteiger partial charge in [-0.25, -0.2) is 0 Å². The molecular weight excluding hydrogens is 234 g/mol. The van der Waals surface area contributed by atoms with Crippen LogP contribution in [0.4, 0.5) is 0 Å². The van der Waals surface area contributed by atoms with Gasteiger partial charge in [-0.2, -0.15) is 0 Å². The Labute approximate surface area is 117 Å². The third-order valence-corrected chi connectivity index (χ3v) is 4.32. The lowest BCUT2D eigenvalue weighted by atomic mass is 10.00. The number of nitrogens with one attached hydrogen (secondary N) is 1. The Balaban J connectivity index is 1.91. The van der Waals surface area contributed by atoms with Crippen LogP contribution < -0.4 is 5.32 Å². The first-order valence-electron chi connectivity index (χ1n) is 7.73. The second-order valence-corrected chi connectivity index (χ2v) is 5.49. The molecular formula is C17H27NO. The first-order chi connectivity index (χ1) is 9.35. The molecule has 0 bridgehead atoms. The lowest BCUT2D eigenvalue weighted by Crippen LogP contribution is -2.31. The molecule has 0 aliphatic heterocycles. The van der Waals surface area contributed by atoms with Crippen molar-refractivity contribution in [2.75, 3.05) is 6.61 Å². The number of hydrogen-bond donors (Lipinski definition) is 1. The standard InChI is InChI=1S/C17H27NO/c1-3-14-10-7-11-17(14)18-12-15-8-5-6-9-16(15)13-19-4-2/h5-6,8-9,14,17-18H,3-4,7,10-13H2,1-2H3. The fourth-order valence-electron chi connectivity index (χ4n) is 3.12. The molecule has 19 heavy (non-hydrogen) atoms. The summed E-state index contributed by atoms with van der Waals surface area (Å²) >= 11 is 0. The van der Waals surface area contributed by atoms with Crippen molar-refractivity contribution in [2.24, 2.45) is 5.92 Å². The van der Waals surface area contributed by atoms with E-state index < -0.39 is 0 Å². The van der Waals surface area contributed by atoms with Gasteiger partial charge in [0, 0.05) is 19.2 Å². The zero-order valence-corrected chi connectivity index (χ0v) is 12.3. The summed E-state index contributed by atoms with van der Waals surface area (Å²) in [7, 11) is 0. The summed E-state index contributed by atoms with van der Waals surface area (Å²) in [5.74, 6) is 0.874. The zero-order chi connectivity index (χ0) is 13.5. The number of ether oxygens (including phenoxy) is 1. The molecule has 2 atom stereocenters. The summed E-state index contributed by atoms with van der Waals surface area (Å²) in [6, 6.07) is 9.33. The maximum atomic E-state index is 5.55. The van der Waals surface area contributed by atoms with Crippen molar-refractivity contribution in [1.29, 1.82) is 0 Å². The van der Waals surface area contributed by atoms with Crippen LogP contribution >= 0.6 is 0 Å². The highest BCUT2D eigenvalue weighted by molar-refractivity contribution is 5.26. The first kappa shape index (κ1) is 14.5. The molecule has 0 spiro atoms. The minimum Gasteiger partial charge on any atom is -0.377 e. The van der Waals surface area contributed by atoms with E-state index in [1.807, 2.05) is 6.92 Å². The lowest BCUT2D eigenvalue weighted by molar-refractivity contribution is 0.133. The van der Waals surface area contributed by atoms with Gasteiger partial charge in [0.05, 0.1) is 6.61 Å². The molecule has 1 aromatic carbocycles. The quantitative estimate of drug-likeness (QED) is 0.804. The molecule has 0 saturated heterocycles. The first-order valence-corrected chi connectivity index (χ1v) is 7.73. The van der Waals surface area contributed by atoms with Crippen LogP contribution in [0.1, 0.15) is 50.7 Å². The Morgan fingerprint density at radius 2 is 1.95 bits per heavy atom. The molecule has 2 nitrogen and oxygen atoms in total. The van der Waals surface area contributed by atoms with Crippen molar-refractivity contribution in [1.82, 2.24) is 5.32 Å². The molecule has 1 aliphatic rings. The van der Waals surface area contributed by atoms with Crippen molar-refractivity contribution in [3.8, 4) is 0 Å². The number of benzene rings is 1. The predicted molar refractivity (Wildman–Crippen MR) is 80.0 cm³/mol. The van der Waals surface area contributed by atoms with Crippen LogP contribution in [0.2, 0.25) is 0 Å². The summed E-state index contributed by atoms with van der Waals surface area (Å²) in [4.78, 5) is 0. The molecule has 0 heterocycles. The fraction of sp³-hybridized carbons (Fsp3) is 0.647. The van der Waals surface area contributed by atoms with Crippen molar-refractivity contribution in [3.05, 3.63) is 35.4 Å². The Hall–Kier alpha value is -0.860. The van der Waals surface area contributed by atoms with Gasteiger partial charge < -0.3 is 10.1 Å². The summed E-state index contributed by atoms with van der Waals surface area (Å²) in [6.07, 6.45) is 5.43. The summed E-state index contributed by atoms with van der Waals surface area (Å²) in [6.45, 7) is 6.85. The van der Waals surface area contributed by atoms with Crippen LogP contribution in [0.3, 0.4) is 0 Å². The highest BCUT2D eigenvalue weighted by Gasteiger charge is 2.24. The van der Waals surface area contributed by atoms with Crippen molar-refractivity contribution in [2.45, 2.75) is 58.7 Å². The second kappa shape index (κ2) is 7.66. The Kier molecular flexibility index (Phi) is 5.87. The number of rotatable bonds is 7. The minimum absolute atomic E-state index is 0.713. The van der Waals surface area contributed by atoms with Gasteiger partial charge in [-0.05, 0) is 36.8 Å². The molecule has 2 rings (SSSR count). The third-order valence-electron chi connectivity index (χ3n) is 4.32. The van der Waals surface area contributed by atoms with E-state index >= 15 is 0 Å². The van der Waals surface area contributed by atoms with E-state index in [1.165, 1.54) is 36.8 Å². The molecule has 2 heteroatoms. The van der Waals surface area contributed by atoms with E-state index in [0.29, 0.717) is 6.04 Å². The summed E-state index contributed by atoms with van der Waals surface area (Å²) in [5.41, 5.74) is 2.71. The van der Waals surface area contributed by atoms with E-state index in [2.05, 4.69) is 36.5 Å². The van der Waals surface area contributed by atoms with Gasteiger partial charge in [0.1, 0.15) is 0 Å². The van der Waals surface area contributed by atoms with Gasteiger partial charge >= 0.3 is 0 Å². The predicted octanol–water partition coefficient (Wildman–Crippen LogP) is 3.89. The van der Waals surface area contributed by atoms with E-state index in [0.717, 1.165) is 25.7 Å². The van der Waals surface area contributed by atoms with Crippen LogP contribution in [0.25, 0.3) is 0 Å². The molecule has 0 aromatic heterocycles. The van der Waals surface area contributed by atoms with Crippen LogP contribution in [0.15, 0.2) is 24.3 Å². The average Bonchev–Trinajstić information content (AvgIpc) is 2.91. The zero-order valence-electron chi connectivity index (χ0n) is 12.3. The third kappa shape index (κ3) is 4.05. The maximum Gasteiger partial charge on any atom is 0.0719 e. The molecule has 106 valence electrons. The normalized spacial score (nSPS) is 22.8. The van der Waals surface area contributed by atoms with Crippen molar-refractivity contribution < 1.29 is 4.74 Å². The molecule has 1 aliphatic carbocycles. The molecule has 2 unspecified atom stereocenters. The monoisotopic (exact) mass is 261 g/mol. The molecule has 1 N–H and O–H groups in total. The highest BCUT2D eigenvalue weighted by Crippen LogP contribution is 2.28. The van der Waals surface area contributed by atoms with E-state index in [1.54, 1.807) is 0 Å². The highest BCUT2D eigenvalue weighted by atomic mass is 16.5. The van der Waals surface area contributed by atoms with E-state index in [-0.39, 0.29) is 0 Å². The van der Waals surface area contributed by atoms with Gasteiger partial charge in [-0.15, -0.1) is 0 Å². The summed E-state index contributed by atoms with van der Waals surface area (Å²) in [5, 5.41) is 3.76. The summed E-state index contributed by atoms with van der Waals surface area (Å²) < 4.78 is 5.55. The molecule has 0 amide bonds. The second-order valence-electron chi connectivity index (χ2n) is 5.49. The van der Waals surface area contributed by atoms with Gasteiger partial charge in [-0.3, -0.25) is 0 Å². The molecule has 1 fully saturated rings. The largest absolute Gasteiger partial charge is 0.377 e. The van der Waals surface area contributed by atoms with E-state index in [4.69, 9.17) is 4.74 Å². The van der Waals surface area contributed by atoms with Crippen LogP contribution in [-0.4, -0.2) is 12.6 Å². The molecule has 0 radical (unpaired) electrons. The number of hydrogen-bond acceptors (Lipinski definition) is 2. The van der Waals surface area contributed by atoms with Crippen LogP contribution in [0.5, 0.6) is 0 Å². The Morgan fingerprint density at radius 3 is 2.68 bits per heavy atom. The molecule has 1 aromatic rings. The van der Waals surface area contributed by atoms with Gasteiger partial charge in [0.15, 0.2) is 0 Å². The van der Waals surface area contributed by atoms with Crippen molar-refractivity contribution >= 4 is 0 Å². The SMILES string of the molecule is CCOCc1ccccc1CNC1CCCC1CC. The Bertz CT molecular complexity index is 377. The minimum atomic E-state index is 0.713. The topological polar surface area (TPSA) is 21.3 Å². The average molecular weight is 261 g/mol.